The topological polar surface area (TPSA) is 144 Å². The number of carboxylic acid groups (broad SMARTS) is 1. The zero-order valence-electron chi connectivity index (χ0n) is 10.9. The van der Waals surface area contributed by atoms with E-state index in [2.05, 4.69) is 9.84 Å². The lowest BCUT2D eigenvalue weighted by molar-refractivity contribution is 0.00811. The van der Waals surface area contributed by atoms with E-state index in [0.717, 1.165) is 0 Å². The number of rotatable bonds is 13. The molecule has 10 nitrogen and oxygen atoms in total. The Morgan fingerprint density at radius 3 is 1.80 bits per heavy atom. The van der Waals surface area contributed by atoms with Gasteiger partial charge in [-0.05, 0) is 0 Å². The molecule has 0 aromatic heterocycles. The second-order valence-electron chi connectivity index (χ2n) is 3.39. The third-order valence-electron chi connectivity index (χ3n) is 1.75. The second-order valence-corrected chi connectivity index (χ2v) is 4.63. The minimum atomic E-state index is -4.42. The molecule has 0 atom stereocenters. The molecule has 0 spiro atoms. The summed E-state index contributed by atoms with van der Waals surface area (Å²) in [6.45, 7) is 1.62. The molecule has 11 heteroatoms. The lowest BCUT2D eigenvalue weighted by Gasteiger charge is -2.07. The van der Waals surface area contributed by atoms with Crippen molar-refractivity contribution in [1.82, 2.24) is 5.32 Å². The van der Waals surface area contributed by atoms with Gasteiger partial charge in [-0.15, -0.1) is 0 Å². The standard InChI is InChI=1S/C9H20NO9P/c11-9(12)10-1-2-16-3-4-17-5-6-18-7-8-19-20(13,14)15/h10H,1-8H2,(H,11,12)(H2,13,14,15). The zero-order valence-corrected chi connectivity index (χ0v) is 11.8. The molecule has 0 saturated carbocycles. The van der Waals surface area contributed by atoms with Crippen LogP contribution in [-0.2, 0) is 23.3 Å². The van der Waals surface area contributed by atoms with Crippen molar-refractivity contribution in [3.8, 4) is 0 Å². The van der Waals surface area contributed by atoms with Gasteiger partial charge in [-0.3, -0.25) is 4.52 Å². The molecule has 0 aromatic carbocycles. The fourth-order valence-electron chi connectivity index (χ4n) is 0.987. The van der Waals surface area contributed by atoms with E-state index in [9.17, 15) is 9.36 Å². The van der Waals surface area contributed by atoms with Gasteiger partial charge < -0.3 is 34.4 Å². The number of phosphoric acid groups is 1. The maximum atomic E-state index is 10.3. The normalized spacial score (nSPS) is 11.5. The Hall–Kier alpha value is -0.740. The Kier molecular flexibility index (Phi) is 11.6. The first-order valence-corrected chi connectivity index (χ1v) is 7.35. The molecular weight excluding hydrogens is 297 g/mol. The van der Waals surface area contributed by atoms with E-state index in [0.29, 0.717) is 19.8 Å². The van der Waals surface area contributed by atoms with Crippen LogP contribution in [0.15, 0.2) is 0 Å². The van der Waals surface area contributed by atoms with Crippen molar-refractivity contribution in [2.24, 2.45) is 0 Å². The molecule has 0 aromatic rings. The van der Waals surface area contributed by atoms with Crippen LogP contribution >= 0.6 is 7.82 Å². The maximum absolute atomic E-state index is 10.3. The predicted molar refractivity (Wildman–Crippen MR) is 66.5 cm³/mol. The molecule has 0 aliphatic rings. The third kappa shape index (κ3) is 17.3. The Labute approximate surface area is 116 Å². The molecule has 0 fully saturated rings. The summed E-state index contributed by atoms with van der Waals surface area (Å²) in [5.41, 5.74) is 0. The Morgan fingerprint density at radius 2 is 1.35 bits per heavy atom. The van der Waals surface area contributed by atoms with Gasteiger partial charge in [0.1, 0.15) is 0 Å². The largest absolute Gasteiger partial charge is 0.469 e. The number of phosphoric ester groups is 1. The van der Waals surface area contributed by atoms with Gasteiger partial charge >= 0.3 is 13.9 Å². The summed E-state index contributed by atoms with van der Waals surface area (Å²) < 4.78 is 29.6. The van der Waals surface area contributed by atoms with E-state index in [-0.39, 0.29) is 33.0 Å². The zero-order chi connectivity index (χ0) is 15.3. The van der Waals surface area contributed by atoms with Crippen LogP contribution in [-0.4, -0.2) is 73.8 Å². The number of hydrogen-bond donors (Lipinski definition) is 4. The van der Waals surface area contributed by atoms with Crippen LogP contribution in [0.4, 0.5) is 4.79 Å². The third-order valence-corrected chi connectivity index (χ3v) is 2.27. The summed E-state index contributed by atoms with van der Waals surface area (Å²) in [6.07, 6.45) is -1.09. The summed E-state index contributed by atoms with van der Waals surface area (Å²) in [5.74, 6) is 0. The van der Waals surface area contributed by atoms with Gasteiger partial charge in [-0.25, -0.2) is 9.36 Å². The van der Waals surface area contributed by atoms with Gasteiger partial charge in [-0.1, -0.05) is 0 Å². The summed E-state index contributed by atoms with van der Waals surface area (Å²) in [6, 6.07) is 0. The SMILES string of the molecule is O=C(O)NCCOCCOCCOCCOP(=O)(O)O. The van der Waals surface area contributed by atoms with Crippen molar-refractivity contribution in [1.29, 1.82) is 0 Å². The summed E-state index contributed by atoms with van der Waals surface area (Å²) in [4.78, 5) is 26.8. The van der Waals surface area contributed by atoms with Gasteiger partial charge in [0.05, 0.1) is 46.2 Å². The molecule has 20 heavy (non-hydrogen) atoms. The van der Waals surface area contributed by atoms with E-state index in [4.69, 9.17) is 29.1 Å². The average Bonchev–Trinajstić information content (AvgIpc) is 2.33. The van der Waals surface area contributed by atoms with Crippen molar-refractivity contribution >= 4 is 13.9 Å². The van der Waals surface area contributed by atoms with Crippen LogP contribution in [0.2, 0.25) is 0 Å². The summed E-state index contributed by atoms with van der Waals surface area (Å²) in [7, 11) is -4.42. The van der Waals surface area contributed by atoms with Gasteiger partial charge in [0.2, 0.25) is 0 Å². The lowest BCUT2D eigenvalue weighted by atomic mass is 10.6. The first kappa shape index (κ1) is 19.3. The van der Waals surface area contributed by atoms with Crippen molar-refractivity contribution in [2.45, 2.75) is 0 Å². The lowest BCUT2D eigenvalue weighted by Crippen LogP contribution is -2.25. The van der Waals surface area contributed by atoms with Gasteiger partial charge in [0, 0.05) is 6.54 Å². The molecule has 4 N–H and O–H groups in total. The molecular formula is C9H20NO9P. The molecule has 0 aliphatic carbocycles. The van der Waals surface area contributed by atoms with Gasteiger partial charge in [0.25, 0.3) is 0 Å². The van der Waals surface area contributed by atoms with Gasteiger partial charge in [-0.2, -0.15) is 0 Å². The highest BCUT2D eigenvalue weighted by atomic mass is 31.2. The van der Waals surface area contributed by atoms with E-state index < -0.39 is 13.9 Å². The van der Waals surface area contributed by atoms with Crippen LogP contribution in [0.25, 0.3) is 0 Å². The van der Waals surface area contributed by atoms with Crippen molar-refractivity contribution in [3.05, 3.63) is 0 Å². The highest BCUT2D eigenvalue weighted by Crippen LogP contribution is 2.35. The summed E-state index contributed by atoms with van der Waals surface area (Å²) >= 11 is 0. The average molecular weight is 317 g/mol. The number of amides is 1. The minimum Gasteiger partial charge on any atom is -0.465 e. The molecule has 120 valence electrons. The smallest absolute Gasteiger partial charge is 0.465 e. The number of nitrogens with one attached hydrogen (secondary N) is 1. The fraction of sp³-hybridized carbons (Fsp3) is 0.889. The van der Waals surface area contributed by atoms with E-state index in [1.165, 1.54) is 0 Å². The Morgan fingerprint density at radius 1 is 0.900 bits per heavy atom. The van der Waals surface area contributed by atoms with Gasteiger partial charge in [0.15, 0.2) is 0 Å². The molecule has 1 amide bonds. The number of carbonyl (C=O) groups is 1. The van der Waals surface area contributed by atoms with E-state index >= 15 is 0 Å². The summed E-state index contributed by atoms with van der Waals surface area (Å²) in [5, 5.41) is 10.4. The van der Waals surface area contributed by atoms with Crippen molar-refractivity contribution in [3.63, 3.8) is 0 Å². The van der Waals surface area contributed by atoms with Crippen LogP contribution < -0.4 is 5.32 Å². The predicted octanol–water partition coefficient (Wildman–Crippen LogP) is -0.587. The Bertz CT molecular complexity index is 295. The van der Waals surface area contributed by atoms with Crippen molar-refractivity contribution in [2.75, 3.05) is 52.8 Å². The highest BCUT2D eigenvalue weighted by molar-refractivity contribution is 7.46. The first-order chi connectivity index (χ1) is 9.42. The quantitative estimate of drug-likeness (QED) is 0.259. The first-order valence-electron chi connectivity index (χ1n) is 5.82. The maximum Gasteiger partial charge on any atom is 0.469 e. The van der Waals surface area contributed by atoms with Crippen LogP contribution in [0.1, 0.15) is 0 Å². The van der Waals surface area contributed by atoms with E-state index in [1.54, 1.807) is 0 Å². The van der Waals surface area contributed by atoms with Crippen LogP contribution in [0.5, 0.6) is 0 Å². The van der Waals surface area contributed by atoms with Crippen LogP contribution in [0, 0.1) is 0 Å². The van der Waals surface area contributed by atoms with E-state index in [1.807, 2.05) is 0 Å². The second kappa shape index (κ2) is 12.0. The molecule has 0 saturated heterocycles. The number of hydrogen-bond acceptors (Lipinski definition) is 6. The molecule has 0 bridgehead atoms. The highest BCUT2D eigenvalue weighted by Gasteiger charge is 2.12. The molecule has 0 rings (SSSR count). The fourth-order valence-corrected chi connectivity index (χ4v) is 1.30. The molecule has 0 aliphatic heterocycles. The monoisotopic (exact) mass is 317 g/mol. The van der Waals surface area contributed by atoms with Crippen LogP contribution in [0.3, 0.4) is 0 Å². The molecule has 0 heterocycles. The number of ether oxygens (including phenoxy) is 3. The van der Waals surface area contributed by atoms with Crippen molar-refractivity contribution < 1.29 is 43.0 Å². The molecule has 0 radical (unpaired) electrons. The minimum absolute atomic E-state index is 0.0613. The molecule has 0 unspecified atom stereocenters. The Balaban J connectivity index is 3.06.